The molecular weight excluding hydrogens is 1770 g/mol. The lowest BCUT2D eigenvalue weighted by molar-refractivity contribution is 1.18. The highest BCUT2D eigenvalue weighted by molar-refractivity contribution is 6.32. The first-order valence-electron chi connectivity index (χ1n) is 50.4. The van der Waals surface area contributed by atoms with Gasteiger partial charge in [0, 0.05) is 109 Å². The van der Waals surface area contributed by atoms with Crippen LogP contribution in [0.3, 0.4) is 0 Å². The summed E-state index contributed by atoms with van der Waals surface area (Å²) in [6.07, 6.45) is 0. The number of benzene rings is 26. The van der Waals surface area contributed by atoms with E-state index in [-0.39, 0.29) is 0 Å². The smallest absolute Gasteiger partial charge is 0.0620 e. The second kappa shape index (κ2) is 33.1. The number of para-hydroxylation sites is 7. The van der Waals surface area contributed by atoms with E-state index in [1.165, 1.54) is 285 Å². The van der Waals surface area contributed by atoms with Crippen molar-refractivity contribution in [3.8, 4) is 67.5 Å². The van der Waals surface area contributed by atoms with Crippen molar-refractivity contribution in [2.75, 3.05) is 0 Å². The molecule has 0 aliphatic heterocycles. The SMILES string of the molecule is c1ccc(-n2c3ccccc3c3cc(-c4cc5c6c7ccccc7ccc6n(-c6ccc7ccccc7c6)c5c5ccccc45)ccc32)cc1.c1ccc(-n2c3ccccc3c3cc(-c4cc5c6ccccc6n(-c6cccc7ccccc67)c5c5ccccc45)ccc32)cc1.c1ccc(-n2c3ccccc3c3cc(-c4ccc5c(ccc6c5c5c7ccccc7ccc5n6-c5ccc6ccccc6c5)c4)ccc32)cc1. The van der Waals surface area contributed by atoms with Gasteiger partial charge in [-0.15, -0.1) is 0 Å². The number of rotatable bonds is 9. The first-order valence-corrected chi connectivity index (χ1v) is 50.4. The minimum Gasteiger partial charge on any atom is -0.309 e. The largest absolute Gasteiger partial charge is 0.309 e. The molecule has 32 aromatic rings. The monoisotopic (exact) mass is 1850 g/mol. The average molecular weight is 1850 g/mol. The summed E-state index contributed by atoms with van der Waals surface area (Å²) < 4.78 is 14.6. The highest BCUT2D eigenvalue weighted by atomic mass is 15.0. The molecule has 6 heteroatoms. The molecule has 0 fully saturated rings. The third-order valence-electron chi connectivity index (χ3n) is 31.0. The van der Waals surface area contributed by atoms with Crippen LogP contribution in [0.2, 0.25) is 0 Å². The molecule has 6 heterocycles. The maximum atomic E-state index is 2.49. The lowest BCUT2D eigenvalue weighted by Gasteiger charge is -2.15. The highest BCUT2D eigenvalue weighted by Gasteiger charge is 2.27. The van der Waals surface area contributed by atoms with Crippen LogP contribution >= 0.6 is 0 Å². The maximum absolute atomic E-state index is 2.49. The molecule has 26 aromatic carbocycles. The summed E-state index contributed by atoms with van der Waals surface area (Å²) >= 11 is 0. The van der Waals surface area contributed by atoms with E-state index in [1.807, 2.05) is 0 Å². The zero-order valence-electron chi connectivity index (χ0n) is 79.5. The van der Waals surface area contributed by atoms with E-state index in [0.29, 0.717) is 0 Å². The van der Waals surface area contributed by atoms with Crippen LogP contribution in [0.15, 0.2) is 534 Å². The van der Waals surface area contributed by atoms with E-state index < -0.39 is 0 Å². The van der Waals surface area contributed by atoms with Gasteiger partial charge in [-0.25, -0.2) is 0 Å². The second-order valence-corrected chi connectivity index (χ2v) is 38.8. The average Bonchev–Trinajstić information content (AvgIpc) is 1.55. The van der Waals surface area contributed by atoms with Crippen LogP contribution in [0.1, 0.15) is 0 Å². The van der Waals surface area contributed by atoms with E-state index in [4.69, 9.17) is 0 Å². The third-order valence-corrected chi connectivity index (χ3v) is 31.0. The fourth-order valence-corrected chi connectivity index (χ4v) is 24.6. The van der Waals surface area contributed by atoms with Crippen molar-refractivity contribution < 1.29 is 0 Å². The standard InChI is InChI=1S/2C48H30N2.C44H28N2/c1-2-15-35(16-3-1)49-44-21-11-10-19-39(44)42-29-34(24-26-45(42)49)41-30-43-47-37-17-7-6-13-32(37)23-27-46(47)50(48(43)40-20-9-8-18-38(40)41)36-25-22-31-12-4-5-14-33(31)28-36;1-2-13-37(14-3-1)49-43-17-9-8-16-41(43)42-30-35(21-25-44(42)49)34-19-24-40-36(28-34)22-27-46-48(40)47-39-15-7-6-11-32(39)20-26-45(47)50(46)38-23-18-31-10-4-5-12-33(31)29-38;1-2-15-31(16-3-1)45-41-22-10-8-19-34(41)38-27-30(25-26-43(38)45)37-28-39-35-20-9-11-23-42(35)46(44(39)36-21-7-6-18-33(36)37)40-24-12-14-29-13-4-5-17-32(29)40/h2*1-30H;1-28H. The number of nitrogens with zero attached hydrogens (tertiary/aromatic N) is 6. The molecule has 0 bridgehead atoms. The van der Waals surface area contributed by atoms with Crippen molar-refractivity contribution in [2.45, 2.75) is 0 Å². The quantitative estimate of drug-likeness (QED) is 0.138. The molecule has 0 radical (unpaired) electrons. The van der Waals surface area contributed by atoms with Crippen molar-refractivity contribution in [2.24, 2.45) is 0 Å². The lowest BCUT2D eigenvalue weighted by atomic mass is 9.93. The molecule has 146 heavy (non-hydrogen) atoms. The van der Waals surface area contributed by atoms with Crippen LogP contribution in [0.4, 0.5) is 0 Å². The maximum Gasteiger partial charge on any atom is 0.0620 e. The molecule has 0 saturated carbocycles. The van der Waals surface area contributed by atoms with Gasteiger partial charge in [0.05, 0.1) is 71.9 Å². The van der Waals surface area contributed by atoms with Gasteiger partial charge in [0.25, 0.3) is 0 Å². The summed E-state index contributed by atoms with van der Waals surface area (Å²) in [5.74, 6) is 0. The first kappa shape index (κ1) is 82.5. The minimum atomic E-state index is 1.17. The van der Waals surface area contributed by atoms with Gasteiger partial charge in [-0.3, -0.25) is 0 Å². The molecule has 0 saturated heterocycles. The van der Waals surface area contributed by atoms with E-state index >= 15 is 0 Å². The summed E-state index contributed by atoms with van der Waals surface area (Å²) in [6.45, 7) is 0. The zero-order chi connectivity index (χ0) is 95.7. The van der Waals surface area contributed by atoms with Gasteiger partial charge in [0.2, 0.25) is 0 Å². The van der Waals surface area contributed by atoms with Crippen LogP contribution in [0.5, 0.6) is 0 Å². The first-order chi connectivity index (χ1) is 72.5. The van der Waals surface area contributed by atoms with Gasteiger partial charge in [-0.05, 0) is 267 Å². The normalized spacial score (nSPS) is 12.0. The lowest BCUT2D eigenvalue weighted by Crippen LogP contribution is -1.96. The van der Waals surface area contributed by atoms with Crippen molar-refractivity contribution in [1.29, 1.82) is 0 Å². The van der Waals surface area contributed by atoms with E-state index in [0.717, 1.165) is 0 Å². The predicted molar refractivity (Wildman–Crippen MR) is 622 cm³/mol. The fraction of sp³-hybridized carbons (Fsp3) is 0. The Morgan fingerprint density at radius 3 is 0.890 bits per heavy atom. The van der Waals surface area contributed by atoms with Gasteiger partial charge in [-0.2, -0.15) is 0 Å². The molecule has 0 amide bonds. The van der Waals surface area contributed by atoms with Crippen molar-refractivity contribution in [3.05, 3.63) is 534 Å². The predicted octanol–water partition coefficient (Wildman–Crippen LogP) is 37.9. The molecular formula is C140H88N6. The Labute approximate surface area is 839 Å². The third kappa shape index (κ3) is 12.9. The van der Waals surface area contributed by atoms with Gasteiger partial charge in [0.1, 0.15) is 0 Å². The van der Waals surface area contributed by atoms with Crippen LogP contribution < -0.4 is 0 Å². The second-order valence-electron chi connectivity index (χ2n) is 38.8. The van der Waals surface area contributed by atoms with Crippen LogP contribution in [-0.2, 0) is 0 Å². The highest BCUT2D eigenvalue weighted by Crippen LogP contribution is 2.50. The summed E-state index contributed by atoms with van der Waals surface area (Å²) in [5, 5.41) is 35.4. The molecule has 0 aliphatic rings. The van der Waals surface area contributed by atoms with Gasteiger partial charge >= 0.3 is 0 Å². The van der Waals surface area contributed by atoms with Crippen LogP contribution in [0, 0.1) is 0 Å². The van der Waals surface area contributed by atoms with Gasteiger partial charge in [0.15, 0.2) is 0 Å². The summed E-state index contributed by atoms with van der Waals surface area (Å²) in [5.41, 5.74) is 29.2. The topological polar surface area (TPSA) is 29.6 Å². The Morgan fingerprint density at radius 1 is 0.110 bits per heavy atom. The van der Waals surface area contributed by atoms with Crippen molar-refractivity contribution in [1.82, 2.24) is 27.4 Å². The molecule has 0 N–H and O–H groups in total. The Balaban J connectivity index is 0.000000102. The summed E-state index contributed by atoms with van der Waals surface area (Å²) in [7, 11) is 0. The van der Waals surface area contributed by atoms with E-state index in [2.05, 4.69) is 561 Å². The minimum absolute atomic E-state index is 1.17. The Kier molecular flexibility index (Phi) is 18.7. The number of hydrogen-bond donors (Lipinski definition) is 0. The zero-order valence-corrected chi connectivity index (χ0v) is 79.5. The molecule has 678 valence electrons. The van der Waals surface area contributed by atoms with Crippen LogP contribution in [0.25, 0.3) is 285 Å². The Bertz CT molecular complexity index is 11100. The number of fused-ring (bicyclic) bond motifs is 31. The number of hydrogen-bond acceptors (Lipinski definition) is 0. The van der Waals surface area contributed by atoms with E-state index in [1.54, 1.807) is 0 Å². The van der Waals surface area contributed by atoms with Crippen LogP contribution in [-0.4, -0.2) is 27.4 Å². The molecule has 0 spiro atoms. The van der Waals surface area contributed by atoms with Crippen molar-refractivity contribution in [3.63, 3.8) is 0 Å². The van der Waals surface area contributed by atoms with E-state index in [9.17, 15) is 0 Å². The molecule has 32 rings (SSSR count). The van der Waals surface area contributed by atoms with Gasteiger partial charge < -0.3 is 27.4 Å². The van der Waals surface area contributed by atoms with Gasteiger partial charge in [-0.1, -0.05) is 370 Å². The molecule has 0 unspecified atom stereocenters. The molecule has 6 nitrogen and oxygen atoms in total. The molecule has 0 aliphatic carbocycles. The molecule has 0 atom stereocenters. The van der Waals surface area contributed by atoms with Crippen molar-refractivity contribution >= 4 is 217 Å². The number of aromatic nitrogens is 6. The molecule has 6 aromatic heterocycles. The Hall–Kier alpha value is -19.4. The summed E-state index contributed by atoms with van der Waals surface area (Å²) in [6, 6.07) is 196. The Morgan fingerprint density at radius 2 is 0.404 bits per heavy atom. The summed E-state index contributed by atoms with van der Waals surface area (Å²) in [4.78, 5) is 0. The fourth-order valence-electron chi connectivity index (χ4n) is 24.6.